The summed E-state index contributed by atoms with van der Waals surface area (Å²) in [5, 5.41) is 0. The van der Waals surface area contributed by atoms with Crippen LogP contribution in [0.3, 0.4) is 0 Å². The quantitative estimate of drug-likeness (QED) is 0.515. The molecule has 28 heavy (non-hydrogen) atoms. The molecule has 1 aliphatic rings. The van der Waals surface area contributed by atoms with Crippen LogP contribution in [0.5, 0.6) is 0 Å². The van der Waals surface area contributed by atoms with E-state index in [2.05, 4.69) is 4.98 Å². The lowest BCUT2D eigenvalue weighted by atomic mass is 10.00. The summed E-state index contributed by atoms with van der Waals surface area (Å²) < 4.78 is 22.4. The largest absolute Gasteiger partial charge is 0.463 e. The summed E-state index contributed by atoms with van der Waals surface area (Å²) in [5.74, 6) is -1.86. The molecule has 0 bridgehead atoms. The van der Waals surface area contributed by atoms with Crippen LogP contribution in [0.1, 0.15) is 39.0 Å². The molecule has 11 nitrogen and oxygen atoms in total. The first kappa shape index (κ1) is 21.4. The van der Waals surface area contributed by atoms with Gasteiger partial charge in [-0.2, -0.15) is 0 Å². The highest BCUT2D eigenvalue weighted by Gasteiger charge is 2.44. The fourth-order valence-electron chi connectivity index (χ4n) is 2.89. The van der Waals surface area contributed by atoms with Crippen molar-refractivity contribution in [1.82, 2.24) is 9.55 Å². The molecule has 1 aromatic rings. The Morgan fingerprint density at radius 2 is 1.79 bits per heavy atom. The second-order valence-corrected chi connectivity index (χ2v) is 6.37. The van der Waals surface area contributed by atoms with Crippen molar-refractivity contribution in [3.8, 4) is 0 Å². The first-order chi connectivity index (χ1) is 13.1. The summed E-state index contributed by atoms with van der Waals surface area (Å²) in [4.78, 5) is 60.2. The van der Waals surface area contributed by atoms with E-state index >= 15 is 0 Å². The van der Waals surface area contributed by atoms with Gasteiger partial charge in [0.1, 0.15) is 25.0 Å². The van der Waals surface area contributed by atoms with Gasteiger partial charge in [-0.15, -0.1) is 0 Å². The summed E-state index contributed by atoms with van der Waals surface area (Å²) in [6.45, 7) is 4.78. The molecule has 0 radical (unpaired) electrons. The molecule has 1 aliphatic heterocycles. The zero-order valence-corrected chi connectivity index (χ0v) is 15.9. The monoisotopic (exact) mass is 398 g/mol. The van der Waals surface area contributed by atoms with Gasteiger partial charge >= 0.3 is 23.6 Å². The lowest BCUT2D eigenvalue weighted by Crippen LogP contribution is -2.53. The van der Waals surface area contributed by atoms with E-state index in [-0.39, 0.29) is 18.6 Å². The molecule has 0 aliphatic carbocycles. The highest BCUT2D eigenvalue weighted by molar-refractivity contribution is 5.67. The number of carbonyl (C=O) groups is 3. The minimum absolute atomic E-state index is 0.0283. The topological polar surface area (TPSA) is 143 Å². The molecule has 0 unspecified atom stereocenters. The summed E-state index contributed by atoms with van der Waals surface area (Å²) >= 11 is 0. The van der Waals surface area contributed by atoms with Crippen LogP contribution in [0, 0.1) is 6.92 Å². The van der Waals surface area contributed by atoms with E-state index in [1.807, 2.05) is 0 Å². The predicted octanol–water partition coefficient (Wildman–Crippen LogP) is -0.441. The van der Waals surface area contributed by atoms with Gasteiger partial charge in [0.15, 0.2) is 6.10 Å². The van der Waals surface area contributed by atoms with Crippen LogP contribution >= 0.6 is 0 Å². The van der Waals surface area contributed by atoms with Gasteiger partial charge in [0.25, 0.3) is 5.56 Å². The molecule has 2 heterocycles. The average molecular weight is 398 g/mol. The molecular formula is C17H22N2O9. The maximum absolute atomic E-state index is 12.2. The smallest absolute Gasteiger partial charge is 0.330 e. The molecule has 0 spiro atoms. The van der Waals surface area contributed by atoms with Gasteiger partial charge in [0.05, 0.1) is 0 Å². The van der Waals surface area contributed by atoms with Gasteiger partial charge in [0, 0.05) is 39.0 Å². The van der Waals surface area contributed by atoms with Gasteiger partial charge in [-0.25, -0.2) is 4.79 Å². The van der Waals surface area contributed by atoms with Crippen LogP contribution in [-0.2, 0) is 33.3 Å². The van der Waals surface area contributed by atoms with Crippen molar-refractivity contribution in [3.05, 3.63) is 32.6 Å². The lowest BCUT2D eigenvalue weighted by molar-refractivity contribution is -0.227. The first-order valence-corrected chi connectivity index (χ1v) is 8.53. The molecule has 1 aromatic heterocycles. The van der Waals surface area contributed by atoms with Crippen LogP contribution in [-0.4, -0.2) is 52.4 Å². The van der Waals surface area contributed by atoms with Crippen LogP contribution < -0.4 is 11.2 Å². The second-order valence-electron chi connectivity index (χ2n) is 6.37. The van der Waals surface area contributed by atoms with E-state index in [0.29, 0.717) is 0 Å². The fraction of sp³-hybridized carbons (Fsp3) is 0.588. The number of hydrogen-bond acceptors (Lipinski definition) is 9. The number of ether oxygens (including phenoxy) is 4. The fourth-order valence-corrected chi connectivity index (χ4v) is 2.89. The molecule has 11 heteroatoms. The first-order valence-electron chi connectivity index (χ1n) is 8.53. The van der Waals surface area contributed by atoms with Crippen molar-refractivity contribution < 1.29 is 33.3 Å². The molecule has 154 valence electrons. The van der Waals surface area contributed by atoms with Crippen molar-refractivity contribution in [2.45, 2.75) is 58.7 Å². The molecule has 4 atom stereocenters. The molecular weight excluding hydrogens is 376 g/mol. The molecule has 2 rings (SSSR count). The van der Waals surface area contributed by atoms with E-state index in [0.717, 1.165) is 4.57 Å². The molecule has 0 amide bonds. The number of nitrogens with one attached hydrogen (secondary N) is 1. The Morgan fingerprint density at radius 1 is 1.14 bits per heavy atom. The van der Waals surface area contributed by atoms with Crippen molar-refractivity contribution in [2.75, 3.05) is 6.61 Å². The third-order valence-electron chi connectivity index (χ3n) is 4.03. The van der Waals surface area contributed by atoms with Crippen LogP contribution in [0.2, 0.25) is 0 Å². The minimum atomic E-state index is -1.04. The van der Waals surface area contributed by atoms with Gasteiger partial charge in [-0.1, -0.05) is 0 Å². The number of hydrogen-bond donors (Lipinski definition) is 1. The van der Waals surface area contributed by atoms with E-state index in [1.165, 1.54) is 33.9 Å². The lowest BCUT2D eigenvalue weighted by Gasteiger charge is -2.40. The third kappa shape index (κ3) is 5.28. The highest BCUT2D eigenvalue weighted by atomic mass is 16.6. The Morgan fingerprint density at radius 3 is 2.36 bits per heavy atom. The third-order valence-corrected chi connectivity index (χ3v) is 4.03. The van der Waals surface area contributed by atoms with Crippen molar-refractivity contribution in [2.24, 2.45) is 0 Å². The van der Waals surface area contributed by atoms with Gasteiger partial charge in [0.2, 0.25) is 0 Å². The van der Waals surface area contributed by atoms with E-state index in [1.54, 1.807) is 0 Å². The summed E-state index contributed by atoms with van der Waals surface area (Å²) in [7, 11) is 0. The van der Waals surface area contributed by atoms with E-state index < -0.39 is 53.7 Å². The zero-order chi connectivity index (χ0) is 21.0. The predicted molar refractivity (Wildman–Crippen MR) is 92.3 cm³/mol. The normalized spacial score (nSPS) is 24.3. The number of carbonyl (C=O) groups excluding carboxylic acids is 3. The number of esters is 3. The van der Waals surface area contributed by atoms with Crippen molar-refractivity contribution in [1.29, 1.82) is 0 Å². The number of aromatic nitrogens is 2. The summed E-state index contributed by atoms with van der Waals surface area (Å²) in [6.07, 6.45) is -2.68. The van der Waals surface area contributed by atoms with E-state index in [9.17, 15) is 24.0 Å². The van der Waals surface area contributed by atoms with Gasteiger partial charge < -0.3 is 18.9 Å². The number of rotatable bonds is 5. The maximum Gasteiger partial charge on any atom is 0.330 e. The van der Waals surface area contributed by atoms with Crippen LogP contribution in [0.4, 0.5) is 0 Å². The maximum atomic E-state index is 12.2. The molecule has 1 saturated heterocycles. The Balaban J connectivity index is 2.41. The second kappa shape index (κ2) is 8.83. The Bertz CT molecular complexity index is 872. The summed E-state index contributed by atoms with van der Waals surface area (Å²) in [5.41, 5.74) is -0.993. The zero-order valence-electron chi connectivity index (χ0n) is 15.9. The van der Waals surface area contributed by atoms with Gasteiger partial charge in [-0.05, 0) is 6.92 Å². The molecule has 1 N–H and O–H groups in total. The van der Waals surface area contributed by atoms with Gasteiger partial charge in [-0.3, -0.25) is 28.7 Å². The number of H-pyrrole nitrogens is 1. The molecule has 0 saturated carbocycles. The standard InChI is InChI=1S/C17H22N2O9/c1-8-6-19(17(24)18-16(8)23)14-5-12(26-10(3)21)15(27-11(4)22)13(28-14)7-25-9(2)20/h6,12-15H,5,7H2,1-4H3,(H,18,23,24)/t12-,13-,14-,15+/m1/s1. The Kier molecular flexibility index (Phi) is 6.73. The SMILES string of the molecule is CC(=O)OC[C@H]1O[C@@H](n2cc(C)c(=O)[nH]c2=O)C[C@@H](OC(C)=O)[C@@H]1OC(C)=O. The summed E-state index contributed by atoms with van der Waals surface area (Å²) in [6, 6.07) is 0. The number of nitrogens with zero attached hydrogens (tertiary/aromatic N) is 1. The van der Waals surface area contributed by atoms with Crippen molar-refractivity contribution >= 4 is 17.9 Å². The minimum Gasteiger partial charge on any atom is -0.463 e. The van der Waals surface area contributed by atoms with Crippen LogP contribution in [0.25, 0.3) is 0 Å². The highest BCUT2D eigenvalue weighted by Crippen LogP contribution is 2.31. The molecule has 1 fully saturated rings. The Hall–Kier alpha value is -2.95. The molecule has 0 aromatic carbocycles. The number of aromatic amines is 1. The number of aryl methyl sites for hydroxylation is 1. The van der Waals surface area contributed by atoms with Crippen molar-refractivity contribution in [3.63, 3.8) is 0 Å². The Labute approximate surface area is 159 Å². The van der Waals surface area contributed by atoms with Crippen LogP contribution in [0.15, 0.2) is 15.8 Å². The van der Waals surface area contributed by atoms with E-state index in [4.69, 9.17) is 18.9 Å². The average Bonchev–Trinajstić information content (AvgIpc) is 2.57.